The van der Waals surface area contributed by atoms with E-state index in [-0.39, 0.29) is 11.9 Å². The van der Waals surface area contributed by atoms with Gasteiger partial charge in [0, 0.05) is 18.8 Å². The predicted octanol–water partition coefficient (Wildman–Crippen LogP) is 2.53. The minimum Gasteiger partial charge on any atom is -0.393 e. The molecule has 4 N–H and O–H groups in total. The molecule has 1 aliphatic rings. The summed E-state index contributed by atoms with van der Waals surface area (Å²) in [5, 5.41) is 6.24. The molecular formula is C15H18FN5O. The van der Waals surface area contributed by atoms with Gasteiger partial charge >= 0.3 is 0 Å². The molecule has 3 rings (SSSR count). The number of rotatable bonds is 5. The first-order valence-electron chi connectivity index (χ1n) is 7.21. The zero-order chi connectivity index (χ0) is 15.4. The van der Waals surface area contributed by atoms with Gasteiger partial charge in [0.15, 0.2) is 11.6 Å². The van der Waals surface area contributed by atoms with E-state index in [0.29, 0.717) is 29.6 Å². The maximum absolute atomic E-state index is 12.9. The molecule has 0 aliphatic carbocycles. The summed E-state index contributed by atoms with van der Waals surface area (Å²) in [5.74, 6) is 0.756. The first kappa shape index (κ1) is 14.5. The van der Waals surface area contributed by atoms with Crippen molar-refractivity contribution in [1.29, 1.82) is 0 Å². The molecule has 0 saturated carbocycles. The lowest BCUT2D eigenvalue weighted by Gasteiger charge is -2.14. The van der Waals surface area contributed by atoms with E-state index in [1.54, 1.807) is 12.1 Å². The number of nitrogens with zero attached hydrogens (tertiary/aromatic N) is 2. The monoisotopic (exact) mass is 303 g/mol. The van der Waals surface area contributed by atoms with Crippen LogP contribution in [0.3, 0.4) is 0 Å². The Morgan fingerprint density at radius 2 is 2.00 bits per heavy atom. The maximum Gasteiger partial charge on any atom is 0.159 e. The fourth-order valence-electron chi connectivity index (χ4n) is 2.32. The van der Waals surface area contributed by atoms with E-state index in [0.717, 1.165) is 19.4 Å². The Balaban J connectivity index is 1.69. The molecular weight excluding hydrogens is 285 g/mol. The first-order chi connectivity index (χ1) is 10.7. The number of hydrogen-bond acceptors (Lipinski definition) is 6. The standard InChI is InChI=1S/C15H18FN5O/c16-10-3-5-11(6-4-10)21-15-13(17)14(19-9-20-15)18-8-12-2-1-7-22-12/h3-6,9,12H,1-2,7-8,17H2,(H2,18,19,20,21). The largest absolute Gasteiger partial charge is 0.393 e. The fraction of sp³-hybridized carbons (Fsp3) is 0.333. The number of hydrogen-bond donors (Lipinski definition) is 3. The van der Waals surface area contributed by atoms with Crippen molar-refractivity contribution in [2.45, 2.75) is 18.9 Å². The average molecular weight is 303 g/mol. The van der Waals surface area contributed by atoms with Crippen LogP contribution in [-0.4, -0.2) is 29.2 Å². The van der Waals surface area contributed by atoms with Crippen LogP contribution in [0.2, 0.25) is 0 Å². The lowest BCUT2D eigenvalue weighted by Crippen LogP contribution is -2.20. The Kier molecular flexibility index (Phi) is 4.34. The van der Waals surface area contributed by atoms with E-state index < -0.39 is 0 Å². The summed E-state index contributed by atoms with van der Waals surface area (Å²) in [6, 6.07) is 5.99. The average Bonchev–Trinajstić information content (AvgIpc) is 3.04. The van der Waals surface area contributed by atoms with E-state index in [9.17, 15) is 4.39 Å². The third kappa shape index (κ3) is 3.43. The molecule has 116 valence electrons. The summed E-state index contributed by atoms with van der Waals surface area (Å²) in [5.41, 5.74) is 7.21. The van der Waals surface area contributed by atoms with Crippen molar-refractivity contribution >= 4 is 23.0 Å². The van der Waals surface area contributed by atoms with Gasteiger partial charge in [0.2, 0.25) is 0 Å². The summed E-state index contributed by atoms with van der Waals surface area (Å²) in [6.45, 7) is 1.47. The second-order valence-corrected chi connectivity index (χ2v) is 5.13. The van der Waals surface area contributed by atoms with Crippen LogP contribution in [0.4, 0.5) is 27.4 Å². The molecule has 1 atom stereocenters. The third-order valence-electron chi connectivity index (χ3n) is 3.51. The molecule has 22 heavy (non-hydrogen) atoms. The molecule has 1 aromatic heterocycles. The Hall–Kier alpha value is -2.41. The molecule has 7 heteroatoms. The molecule has 2 aromatic rings. The minimum atomic E-state index is -0.292. The van der Waals surface area contributed by atoms with Crippen LogP contribution in [0.1, 0.15) is 12.8 Å². The van der Waals surface area contributed by atoms with Gasteiger partial charge in [-0.15, -0.1) is 0 Å². The molecule has 0 bridgehead atoms. The van der Waals surface area contributed by atoms with Crippen LogP contribution < -0.4 is 16.4 Å². The number of aromatic nitrogens is 2. The van der Waals surface area contributed by atoms with Gasteiger partial charge in [-0.2, -0.15) is 0 Å². The number of nitrogen functional groups attached to an aromatic ring is 1. The van der Waals surface area contributed by atoms with Crippen molar-refractivity contribution in [1.82, 2.24) is 9.97 Å². The number of halogens is 1. The van der Waals surface area contributed by atoms with Gasteiger partial charge < -0.3 is 21.1 Å². The van der Waals surface area contributed by atoms with E-state index in [1.165, 1.54) is 18.5 Å². The lowest BCUT2D eigenvalue weighted by molar-refractivity contribution is 0.120. The van der Waals surface area contributed by atoms with Crippen molar-refractivity contribution in [3.05, 3.63) is 36.4 Å². The summed E-state index contributed by atoms with van der Waals surface area (Å²) < 4.78 is 18.5. The molecule has 1 unspecified atom stereocenters. The second kappa shape index (κ2) is 6.57. The van der Waals surface area contributed by atoms with Crippen LogP contribution in [0.25, 0.3) is 0 Å². The summed E-state index contributed by atoms with van der Waals surface area (Å²) >= 11 is 0. The van der Waals surface area contributed by atoms with Crippen LogP contribution >= 0.6 is 0 Å². The van der Waals surface area contributed by atoms with Gasteiger partial charge in [-0.3, -0.25) is 0 Å². The van der Waals surface area contributed by atoms with Crippen molar-refractivity contribution in [2.75, 3.05) is 29.5 Å². The van der Waals surface area contributed by atoms with E-state index in [1.807, 2.05) is 0 Å². The number of nitrogens with two attached hydrogens (primary N) is 1. The SMILES string of the molecule is Nc1c(NCC2CCCO2)ncnc1Nc1ccc(F)cc1. The maximum atomic E-state index is 12.9. The highest BCUT2D eigenvalue weighted by Gasteiger charge is 2.16. The molecule has 0 spiro atoms. The normalized spacial score (nSPS) is 17.4. The van der Waals surface area contributed by atoms with Crippen molar-refractivity contribution in [3.63, 3.8) is 0 Å². The molecule has 6 nitrogen and oxygen atoms in total. The van der Waals surface area contributed by atoms with Crippen molar-refractivity contribution in [2.24, 2.45) is 0 Å². The zero-order valence-electron chi connectivity index (χ0n) is 12.1. The Labute approximate surface area is 127 Å². The Morgan fingerprint density at radius 1 is 1.23 bits per heavy atom. The molecule has 0 radical (unpaired) electrons. The van der Waals surface area contributed by atoms with Gasteiger partial charge in [0.25, 0.3) is 0 Å². The molecule has 1 fully saturated rings. The van der Waals surface area contributed by atoms with E-state index in [4.69, 9.17) is 10.5 Å². The molecule has 1 aromatic carbocycles. The van der Waals surface area contributed by atoms with Crippen LogP contribution in [0, 0.1) is 5.82 Å². The van der Waals surface area contributed by atoms with Gasteiger partial charge in [0.05, 0.1) is 6.10 Å². The summed E-state index contributed by atoms with van der Waals surface area (Å²) in [6.07, 6.45) is 3.75. The van der Waals surface area contributed by atoms with E-state index >= 15 is 0 Å². The van der Waals surface area contributed by atoms with Gasteiger partial charge in [0.1, 0.15) is 17.8 Å². The summed E-state index contributed by atoms with van der Waals surface area (Å²) in [4.78, 5) is 8.28. The molecule has 2 heterocycles. The molecule has 1 saturated heterocycles. The summed E-state index contributed by atoms with van der Waals surface area (Å²) in [7, 11) is 0. The molecule has 0 amide bonds. The smallest absolute Gasteiger partial charge is 0.159 e. The topological polar surface area (TPSA) is 85.1 Å². The highest BCUT2D eigenvalue weighted by molar-refractivity contribution is 5.77. The van der Waals surface area contributed by atoms with Crippen molar-refractivity contribution in [3.8, 4) is 0 Å². The lowest BCUT2D eigenvalue weighted by atomic mass is 10.2. The van der Waals surface area contributed by atoms with Crippen molar-refractivity contribution < 1.29 is 9.13 Å². The van der Waals surface area contributed by atoms with Gasteiger partial charge in [-0.05, 0) is 37.1 Å². The molecule has 1 aliphatic heterocycles. The fourth-order valence-corrected chi connectivity index (χ4v) is 2.32. The minimum absolute atomic E-state index is 0.197. The van der Waals surface area contributed by atoms with Crippen LogP contribution in [0.5, 0.6) is 0 Å². The van der Waals surface area contributed by atoms with Gasteiger partial charge in [-0.1, -0.05) is 0 Å². The number of nitrogens with one attached hydrogen (secondary N) is 2. The highest BCUT2D eigenvalue weighted by Crippen LogP contribution is 2.26. The zero-order valence-corrected chi connectivity index (χ0v) is 12.1. The highest BCUT2D eigenvalue weighted by atomic mass is 19.1. The Morgan fingerprint density at radius 3 is 2.73 bits per heavy atom. The predicted molar refractivity (Wildman–Crippen MR) is 83.6 cm³/mol. The Bertz CT molecular complexity index is 628. The first-order valence-corrected chi connectivity index (χ1v) is 7.21. The number of benzene rings is 1. The van der Waals surface area contributed by atoms with Crippen LogP contribution in [0.15, 0.2) is 30.6 Å². The van der Waals surface area contributed by atoms with Gasteiger partial charge in [-0.25, -0.2) is 14.4 Å². The second-order valence-electron chi connectivity index (χ2n) is 5.13. The van der Waals surface area contributed by atoms with E-state index in [2.05, 4.69) is 20.6 Å². The quantitative estimate of drug-likeness (QED) is 0.787. The number of anilines is 4. The third-order valence-corrected chi connectivity index (χ3v) is 3.51. The number of ether oxygens (including phenoxy) is 1. The van der Waals surface area contributed by atoms with Crippen LogP contribution in [-0.2, 0) is 4.74 Å².